The molecule has 14 heteroatoms. The largest absolute Gasteiger partial charge is 0.444 e. The van der Waals surface area contributed by atoms with Crippen molar-refractivity contribution in [1.29, 1.82) is 0 Å². The Morgan fingerprint density at radius 2 is 1.55 bits per heavy atom. The number of hydrogen-bond acceptors (Lipinski definition) is 8. The number of piperidine rings is 1. The number of carbonyl (C=O) groups is 7. The summed E-state index contributed by atoms with van der Waals surface area (Å²) in [5.74, 6) is -4.27. The first-order chi connectivity index (χ1) is 26.0. The van der Waals surface area contributed by atoms with Crippen LogP contribution in [0.2, 0.25) is 0 Å². The predicted octanol–water partition coefficient (Wildman–Crippen LogP) is 4.17. The van der Waals surface area contributed by atoms with E-state index >= 15 is 0 Å². The number of carbonyl (C=O) groups excluding carboxylic acids is 7. The van der Waals surface area contributed by atoms with Crippen molar-refractivity contribution in [2.75, 3.05) is 20.6 Å². The molecular weight excluding hydrogens is 704 g/mol. The topological polar surface area (TPSA) is 183 Å². The van der Waals surface area contributed by atoms with Gasteiger partial charge in [-0.25, -0.2) is 4.79 Å². The van der Waals surface area contributed by atoms with Gasteiger partial charge in [-0.3, -0.25) is 28.8 Å². The van der Waals surface area contributed by atoms with Crippen LogP contribution in [0.5, 0.6) is 0 Å². The van der Waals surface area contributed by atoms with Crippen molar-refractivity contribution < 1.29 is 38.3 Å². The third-order valence-electron chi connectivity index (χ3n) is 10.5. The molecule has 0 spiro atoms. The molecule has 0 aromatic heterocycles. The number of Topliss-reactive ketones (excluding diaryl/α,β-unsaturated/α-hetero) is 1. The van der Waals surface area contributed by atoms with Gasteiger partial charge in [0.25, 0.3) is 5.91 Å². The predicted molar refractivity (Wildman–Crippen MR) is 208 cm³/mol. The monoisotopic (exact) mass is 768 g/mol. The maximum absolute atomic E-state index is 14.7. The number of unbranched alkanes of at least 4 members (excludes halogenated alkanes) is 1. The Hall–Kier alpha value is -4.49. The van der Waals surface area contributed by atoms with E-state index in [9.17, 15) is 33.6 Å². The second kappa shape index (κ2) is 21.0. The fourth-order valence-corrected chi connectivity index (χ4v) is 7.56. The molecule has 1 aromatic rings. The lowest BCUT2D eigenvalue weighted by molar-refractivity contribution is -0.152. The highest BCUT2D eigenvalue weighted by molar-refractivity contribution is 6.38. The number of nitrogens with one attached hydrogen (secondary N) is 4. The second-order valence-corrected chi connectivity index (χ2v) is 16.2. The van der Waals surface area contributed by atoms with E-state index in [1.807, 2.05) is 20.8 Å². The number of alkyl carbamates (subject to hydrolysis) is 1. The lowest BCUT2D eigenvalue weighted by Gasteiger charge is -2.46. The molecule has 1 aliphatic heterocycles. The first-order valence-electron chi connectivity index (χ1n) is 20.0. The molecule has 6 atom stereocenters. The van der Waals surface area contributed by atoms with Gasteiger partial charge in [0.05, 0.1) is 12.6 Å². The summed E-state index contributed by atoms with van der Waals surface area (Å²) in [4.78, 5) is 97.8. The molecule has 2 fully saturated rings. The van der Waals surface area contributed by atoms with E-state index in [1.54, 1.807) is 70.1 Å². The molecule has 6 amide bonds. The fraction of sp³-hybridized carbons (Fsp3) is 0.683. The van der Waals surface area contributed by atoms with E-state index in [-0.39, 0.29) is 36.1 Å². The zero-order valence-electron chi connectivity index (χ0n) is 34.1. The van der Waals surface area contributed by atoms with Gasteiger partial charge in [-0.05, 0) is 77.2 Å². The Morgan fingerprint density at radius 1 is 0.891 bits per heavy atom. The second-order valence-electron chi connectivity index (χ2n) is 16.2. The minimum absolute atomic E-state index is 0.129. The smallest absolute Gasteiger partial charge is 0.408 e. The molecule has 1 saturated carbocycles. The van der Waals surface area contributed by atoms with Crippen LogP contribution in [-0.4, -0.2) is 102 Å². The van der Waals surface area contributed by atoms with E-state index in [1.165, 1.54) is 4.90 Å². The Bertz CT molecular complexity index is 1490. The molecule has 55 heavy (non-hydrogen) atoms. The van der Waals surface area contributed by atoms with Gasteiger partial charge < -0.3 is 35.8 Å². The lowest BCUT2D eigenvalue weighted by atomic mass is 9.80. The minimum Gasteiger partial charge on any atom is -0.444 e. The van der Waals surface area contributed by atoms with Gasteiger partial charge in [0, 0.05) is 20.1 Å². The number of rotatable bonds is 16. The molecule has 14 nitrogen and oxygen atoms in total. The van der Waals surface area contributed by atoms with E-state index in [0.717, 1.165) is 32.1 Å². The Kier molecular flexibility index (Phi) is 17.1. The van der Waals surface area contributed by atoms with Gasteiger partial charge in [-0.15, -0.1) is 0 Å². The van der Waals surface area contributed by atoms with E-state index in [4.69, 9.17) is 4.74 Å². The van der Waals surface area contributed by atoms with Crippen molar-refractivity contribution in [2.24, 2.45) is 11.8 Å². The van der Waals surface area contributed by atoms with Crippen molar-refractivity contribution in [2.45, 2.75) is 148 Å². The van der Waals surface area contributed by atoms with Crippen LogP contribution >= 0.6 is 0 Å². The number of likely N-dealkylation sites (tertiary alicyclic amines) is 1. The normalized spacial score (nSPS) is 20.6. The minimum atomic E-state index is -1.20. The summed E-state index contributed by atoms with van der Waals surface area (Å²) < 4.78 is 5.55. The summed E-state index contributed by atoms with van der Waals surface area (Å²) >= 11 is 0. The van der Waals surface area contributed by atoms with Gasteiger partial charge in [0.15, 0.2) is 0 Å². The number of hydrogen-bond donors (Lipinski definition) is 4. The number of amides is 6. The molecule has 3 rings (SSSR count). The van der Waals surface area contributed by atoms with Gasteiger partial charge in [-0.2, -0.15) is 0 Å². The maximum Gasteiger partial charge on any atom is 0.408 e. The lowest BCUT2D eigenvalue weighted by Crippen LogP contribution is -2.65. The zero-order valence-corrected chi connectivity index (χ0v) is 34.1. The first kappa shape index (κ1) is 44.9. The molecule has 1 heterocycles. The molecule has 1 aliphatic carbocycles. The summed E-state index contributed by atoms with van der Waals surface area (Å²) in [6.45, 7) is 10.5. The Balaban J connectivity index is 1.81. The third-order valence-corrected chi connectivity index (χ3v) is 10.5. The number of ether oxygens (including phenoxy) is 1. The Labute approximate surface area is 326 Å². The van der Waals surface area contributed by atoms with Crippen LogP contribution in [0, 0.1) is 11.8 Å². The number of likely N-dealkylation sites (N-methyl/N-ethyl adjacent to an activating group) is 1. The summed E-state index contributed by atoms with van der Waals surface area (Å²) in [6.07, 6.45) is 7.02. The number of ketones is 1. The van der Waals surface area contributed by atoms with Gasteiger partial charge in [-0.1, -0.05) is 82.7 Å². The van der Waals surface area contributed by atoms with Crippen molar-refractivity contribution in [1.82, 2.24) is 31.1 Å². The van der Waals surface area contributed by atoms with Crippen LogP contribution in [0.3, 0.4) is 0 Å². The van der Waals surface area contributed by atoms with E-state index < -0.39 is 65.9 Å². The van der Waals surface area contributed by atoms with Crippen LogP contribution in [0.15, 0.2) is 30.3 Å². The van der Waals surface area contributed by atoms with Crippen LogP contribution in [0.25, 0.3) is 0 Å². The Morgan fingerprint density at radius 3 is 2.13 bits per heavy atom. The molecule has 306 valence electrons. The molecule has 0 bridgehead atoms. The fourth-order valence-electron chi connectivity index (χ4n) is 7.56. The van der Waals surface area contributed by atoms with Crippen LogP contribution in [-0.2, 0) is 33.5 Å². The van der Waals surface area contributed by atoms with Gasteiger partial charge >= 0.3 is 6.09 Å². The van der Waals surface area contributed by atoms with E-state index in [2.05, 4.69) is 21.3 Å². The average Bonchev–Trinajstić information content (AvgIpc) is 3.15. The summed E-state index contributed by atoms with van der Waals surface area (Å²) in [5, 5.41) is 10.7. The van der Waals surface area contributed by atoms with Crippen LogP contribution in [0.4, 0.5) is 4.79 Å². The highest BCUT2D eigenvalue weighted by Gasteiger charge is 2.46. The number of benzene rings is 1. The summed E-state index contributed by atoms with van der Waals surface area (Å²) in [5.41, 5.74) is -0.218. The SMILES string of the molecule is CCCCC(NC(=O)C1C(CC)CCC(C)N1C(=O)C(NC(=O)OC(C)(C)C)C1CCCCC1)C(=O)C(=O)NCC(=O)NC(C(=O)N(C)C)c1ccccc1. The zero-order chi connectivity index (χ0) is 40.9. The summed E-state index contributed by atoms with van der Waals surface area (Å²) in [7, 11) is 3.13. The van der Waals surface area contributed by atoms with Gasteiger partial charge in [0.2, 0.25) is 29.4 Å². The van der Waals surface area contributed by atoms with Crippen molar-refractivity contribution >= 4 is 41.4 Å². The first-order valence-corrected chi connectivity index (χ1v) is 20.0. The maximum atomic E-state index is 14.7. The summed E-state index contributed by atoms with van der Waals surface area (Å²) in [6, 6.07) is 4.30. The average molecular weight is 769 g/mol. The molecule has 1 aromatic carbocycles. The molecular formula is C41H64N6O8. The molecule has 2 aliphatic rings. The molecule has 6 unspecified atom stereocenters. The molecule has 4 N–H and O–H groups in total. The van der Waals surface area contributed by atoms with Gasteiger partial charge in [0.1, 0.15) is 23.7 Å². The molecule has 0 radical (unpaired) electrons. The molecule has 1 saturated heterocycles. The van der Waals surface area contributed by atoms with Crippen LogP contribution < -0.4 is 21.3 Å². The van der Waals surface area contributed by atoms with Crippen molar-refractivity contribution in [3.05, 3.63) is 35.9 Å². The number of nitrogens with zero attached hydrogens (tertiary/aromatic N) is 2. The van der Waals surface area contributed by atoms with Crippen molar-refractivity contribution in [3.8, 4) is 0 Å². The van der Waals surface area contributed by atoms with Crippen LogP contribution in [0.1, 0.15) is 124 Å². The quantitative estimate of drug-likeness (QED) is 0.181. The standard InChI is InChI=1S/C41H64N6O8/c1-9-11-22-30(35(49)37(51)42-25-31(48)44-32(38(52)46(7)8)28-18-14-12-15-19-28)43-36(50)34-27(10-2)24-23-26(3)47(34)39(53)33(29-20-16-13-17-21-29)45-40(54)55-41(4,5)6/h12,14-15,18-19,26-27,29-30,32-34H,9-11,13,16-17,20-25H2,1-8H3,(H,42,51)(H,43,50)(H,44,48)(H,45,54). The highest BCUT2D eigenvalue weighted by atomic mass is 16.6. The highest BCUT2D eigenvalue weighted by Crippen LogP contribution is 2.34. The third kappa shape index (κ3) is 13.1. The van der Waals surface area contributed by atoms with E-state index in [0.29, 0.717) is 37.7 Å². The van der Waals surface area contributed by atoms with Crippen molar-refractivity contribution in [3.63, 3.8) is 0 Å².